The second kappa shape index (κ2) is 6.75. The first-order valence-corrected chi connectivity index (χ1v) is 11.3. The molecule has 4 rings (SSSR count). The maximum Gasteiger partial charge on any atom is 0.302 e. The van der Waals surface area contributed by atoms with Crippen molar-refractivity contribution in [2.24, 2.45) is 17.3 Å². The maximum absolute atomic E-state index is 12.0. The lowest BCUT2D eigenvalue weighted by molar-refractivity contribution is -0.256. The molecule has 0 unspecified atom stereocenters. The summed E-state index contributed by atoms with van der Waals surface area (Å²) in [5.74, 6) is 0.0105. The summed E-state index contributed by atoms with van der Waals surface area (Å²) < 4.78 is 12.7. The molecule has 1 aromatic rings. The molecule has 1 N–H and O–H groups in total. The minimum atomic E-state index is -0.704. The molecule has 3 aliphatic rings. The lowest BCUT2D eigenvalue weighted by Gasteiger charge is -2.62. The van der Waals surface area contributed by atoms with Crippen LogP contribution in [0.3, 0.4) is 0 Å². The van der Waals surface area contributed by atoms with Crippen LogP contribution in [-0.4, -0.2) is 39.7 Å². The SMILES string of the molecule is CC(=O)O[C@H]1CC[C@@H](C)[C@@]23OC(C)(C)[C@@H](C[C@@H](Sc4ccccc4)[C@]12C)[C@H]3O. The van der Waals surface area contributed by atoms with Crippen LogP contribution in [0.4, 0.5) is 0 Å². The number of ether oxygens (including phenoxy) is 2. The Morgan fingerprint density at radius 1 is 1.21 bits per heavy atom. The van der Waals surface area contributed by atoms with Crippen LogP contribution in [0, 0.1) is 17.3 Å². The predicted octanol–water partition coefficient (Wildman–Crippen LogP) is 4.44. The molecular formula is C23H32O4S. The molecule has 7 atom stereocenters. The number of esters is 1. The van der Waals surface area contributed by atoms with Crippen LogP contribution >= 0.6 is 11.8 Å². The van der Waals surface area contributed by atoms with Crippen LogP contribution in [0.2, 0.25) is 0 Å². The zero-order valence-corrected chi connectivity index (χ0v) is 18.3. The lowest BCUT2D eigenvalue weighted by Crippen LogP contribution is -2.71. The van der Waals surface area contributed by atoms with Gasteiger partial charge in [-0.3, -0.25) is 4.79 Å². The van der Waals surface area contributed by atoms with Crippen molar-refractivity contribution in [2.45, 2.75) is 87.4 Å². The van der Waals surface area contributed by atoms with Crippen molar-refractivity contribution < 1.29 is 19.4 Å². The van der Waals surface area contributed by atoms with Crippen molar-refractivity contribution in [3.8, 4) is 0 Å². The highest BCUT2D eigenvalue weighted by Crippen LogP contribution is 2.68. The van der Waals surface area contributed by atoms with Gasteiger partial charge in [0.25, 0.3) is 0 Å². The van der Waals surface area contributed by atoms with Crippen LogP contribution in [0.25, 0.3) is 0 Å². The molecule has 1 aliphatic heterocycles. The number of aliphatic hydroxyl groups is 1. The molecule has 1 spiro atoms. The summed E-state index contributed by atoms with van der Waals surface area (Å²) in [5.41, 5.74) is -1.58. The number of rotatable bonds is 3. The van der Waals surface area contributed by atoms with Crippen molar-refractivity contribution in [2.75, 3.05) is 0 Å². The summed E-state index contributed by atoms with van der Waals surface area (Å²) in [5, 5.41) is 11.7. The summed E-state index contributed by atoms with van der Waals surface area (Å²) in [7, 11) is 0. The van der Waals surface area contributed by atoms with Gasteiger partial charge >= 0.3 is 5.97 Å². The summed E-state index contributed by atoms with van der Waals surface area (Å²) in [6, 6.07) is 10.4. The molecule has 1 heterocycles. The molecule has 5 heteroatoms. The minimum absolute atomic E-state index is 0.0697. The molecule has 0 aromatic heterocycles. The van der Waals surface area contributed by atoms with Crippen LogP contribution in [0.1, 0.15) is 53.9 Å². The topological polar surface area (TPSA) is 55.8 Å². The van der Waals surface area contributed by atoms with Crippen molar-refractivity contribution in [3.05, 3.63) is 30.3 Å². The van der Waals surface area contributed by atoms with E-state index in [0.29, 0.717) is 0 Å². The smallest absolute Gasteiger partial charge is 0.302 e. The first-order chi connectivity index (χ1) is 13.1. The van der Waals surface area contributed by atoms with Gasteiger partial charge in [-0.05, 0) is 51.2 Å². The van der Waals surface area contributed by atoms with E-state index < -0.39 is 22.7 Å². The Morgan fingerprint density at radius 3 is 2.54 bits per heavy atom. The van der Waals surface area contributed by atoms with Gasteiger partial charge in [0.2, 0.25) is 0 Å². The van der Waals surface area contributed by atoms with Gasteiger partial charge < -0.3 is 14.6 Å². The molecule has 3 fully saturated rings. The molecule has 2 bridgehead atoms. The monoisotopic (exact) mass is 404 g/mol. The van der Waals surface area contributed by atoms with Crippen molar-refractivity contribution in [1.29, 1.82) is 0 Å². The van der Waals surface area contributed by atoms with E-state index in [4.69, 9.17) is 9.47 Å². The molecular weight excluding hydrogens is 372 g/mol. The summed E-state index contributed by atoms with van der Waals surface area (Å²) >= 11 is 1.84. The van der Waals surface area contributed by atoms with E-state index in [0.717, 1.165) is 19.3 Å². The van der Waals surface area contributed by atoms with Crippen molar-refractivity contribution in [3.63, 3.8) is 0 Å². The third kappa shape index (κ3) is 2.69. The molecule has 4 nitrogen and oxygen atoms in total. The van der Waals surface area contributed by atoms with Gasteiger partial charge in [0, 0.05) is 28.4 Å². The van der Waals surface area contributed by atoms with E-state index in [1.165, 1.54) is 11.8 Å². The summed E-state index contributed by atoms with van der Waals surface area (Å²) in [6.45, 7) is 10.1. The number of benzene rings is 1. The quantitative estimate of drug-likeness (QED) is 0.755. The normalized spacial score (nSPS) is 44.0. The fourth-order valence-electron chi connectivity index (χ4n) is 6.33. The number of carbonyl (C=O) groups is 1. The minimum Gasteiger partial charge on any atom is -0.462 e. The van der Waals surface area contributed by atoms with Crippen LogP contribution in [0.5, 0.6) is 0 Å². The van der Waals surface area contributed by atoms with E-state index in [-0.39, 0.29) is 29.2 Å². The van der Waals surface area contributed by atoms with Crippen LogP contribution in [0.15, 0.2) is 35.2 Å². The highest BCUT2D eigenvalue weighted by molar-refractivity contribution is 8.00. The number of hydrogen-bond acceptors (Lipinski definition) is 5. The number of fused-ring (bicyclic) bond motifs is 1. The number of thioether (sulfide) groups is 1. The molecule has 28 heavy (non-hydrogen) atoms. The average molecular weight is 405 g/mol. The van der Waals surface area contributed by atoms with E-state index in [2.05, 4.69) is 52.0 Å². The second-order valence-corrected chi connectivity index (χ2v) is 10.8. The Morgan fingerprint density at radius 2 is 1.89 bits per heavy atom. The molecule has 1 saturated heterocycles. The van der Waals surface area contributed by atoms with E-state index in [1.807, 2.05) is 17.8 Å². The van der Waals surface area contributed by atoms with E-state index in [9.17, 15) is 9.90 Å². The summed E-state index contributed by atoms with van der Waals surface area (Å²) in [6.07, 6.45) is 1.74. The average Bonchev–Trinajstić information content (AvgIpc) is 2.78. The molecule has 154 valence electrons. The number of hydrogen-bond donors (Lipinski definition) is 1. The van der Waals surface area contributed by atoms with Gasteiger partial charge in [0.05, 0.1) is 11.7 Å². The first-order valence-electron chi connectivity index (χ1n) is 10.4. The zero-order valence-electron chi connectivity index (χ0n) is 17.5. The van der Waals surface area contributed by atoms with Gasteiger partial charge in [0.1, 0.15) is 11.7 Å². The lowest BCUT2D eigenvalue weighted by atomic mass is 9.50. The van der Waals surface area contributed by atoms with Gasteiger partial charge in [-0.15, -0.1) is 11.8 Å². The van der Waals surface area contributed by atoms with E-state index in [1.54, 1.807) is 0 Å². The second-order valence-electron chi connectivity index (χ2n) is 9.56. The van der Waals surface area contributed by atoms with Gasteiger partial charge in [-0.1, -0.05) is 32.0 Å². The Balaban J connectivity index is 1.84. The molecule has 1 aromatic carbocycles. The predicted molar refractivity (Wildman–Crippen MR) is 110 cm³/mol. The largest absolute Gasteiger partial charge is 0.462 e. The molecule has 0 radical (unpaired) electrons. The van der Waals surface area contributed by atoms with Crippen molar-refractivity contribution >= 4 is 17.7 Å². The molecule has 2 saturated carbocycles. The molecule has 0 amide bonds. The van der Waals surface area contributed by atoms with Gasteiger partial charge in [-0.25, -0.2) is 0 Å². The maximum atomic E-state index is 12.0. The zero-order chi connectivity index (χ0) is 20.3. The third-order valence-electron chi connectivity index (χ3n) is 7.72. The third-order valence-corrected chi connectivity index (χ3v) is 9.23. The van der Waals surface area contributed by atoms with Gasteiger partial charge in [0.15, 0.2) is 0 Å². The van der Waals surface area contributed by atoms with E-state index >= 15 is 0 Å². The van der Waals surface area contributed by atoms with Crippen LogP contribution < -0.4 is 0 Å². The molecule has 2 aliphatic carbocycles. The van der Waals surface area contributed by atoms with Crippen molar-refractivity contribution in [1.82, 2.24) is 0 Å². The fourth-order valence-corrected chi connectivity index (χ4v) is 7.86. The highest BCUT2D eigenvalue weighted by Gasteiger charge is 2.76. The number of aliphatic hydroxyl groups excluding tert-OH is 1. The highest BCUT2D eigenvalue weighted by atomic mass is 32.2. The fraction of sp³-hybridized carbons (Fsp3) is 0.696. The van der Waals surface area contributed by atoms with Gasteiger partial charge in [-0.2, -0.15) is 0 Å². The Hall–Kier alpha value is -1.04. The first kappa shape index (κ1) is 20.2. The van der Waals surface area contributed by atoms with Crippen LogP contribution in [-0.2, 0) is 14.3 Å². The standard InChI is InChI=1S/C23H32O4S/c1-14-11-12-18(26-15(2)24)22(5)19(28-16-9-7-6-8-10-16)13-17-20(25)23(14,22)27-21(17,3)4/h6-10,14,17-20,25H,11-13H2,1-5H3/t14-,17+,18+,19-,20-,22+,23+/m1/s1. The summed E-state index contributed by atoms with van der Waals surface area (Å²) in [4.78, 5) is 13.2. The Kier molecular flexibility index (Phi) is 4.88. The number of carbonyl (C=O) groups excluding carboxylic acids is 1. The Bertz CT molecular complexity index is 750. The Labute approximate surface area is 172 Å².